The maximum atomic E-state index is 5.06. The number of rotatable bonds is 0. The van der Waals surface area contributed by atoms with Crippen LogP contribution in [0.15, 0.2) is 18.2 Å². The van der Waals surface area contributed by atoms with Crippen LogP contribution in [0.4, 0.5) is 0 Å². The van der Waals surface area contributed by atoms with Gasteiger partial charge in [-0.15, -0.1) is 0 Å². The highest BCUT2D eigenvalue weighted by Crippen LogP contribution is 2.29. The van der Waals surface area contributed by atoms with Gasteiger partial charge in [-0.2, -0.15) is 0 Å². The number of benzene rings is 1. The van der Waals surface area contributed by atoms with Crippen molar-refractivity contribution in [3.05, 3.63) is 24.3 Å². The summed E-state index contributed by atoms with van der Waals surface area (Å²) in [5, 5.41) is 0. The predicted molar refractivity (Wildman–Crippen MR) is 55.0 cm³/mol. The molecule has 2 nitrogen and oxygen atoms in total. The van der Waals surface area contributed by atoms with Crippen molar-refractivity contribution in [3.63, 3.8) is 0 Å². The van der Waals surface area contributed by atoms with E-state index < -0.39 is 0 Å². The molecule has 5 heteroatoms. The van der Waals surface area contributed by atoms with Crippen LogP contribution in [-0.2, 0) is 0 Å². The van der Waals surface area contributed by atoms with Crippen LogP contribution in [0.1, 0.15) is 0 Å². The Kier molecular flexibility index (Phi) is 5.37. The van der Waals surface area contributed by atoms with Gasteiger partial charge in [-0.1, -0.05) is 6.07 Å². The summed E-state index contributed by atoms with van der Waals surface area (Å²) < 4.78 is 10.1. The molecule has 1 heterocycles. The van der Waals surface area contributed by atoms with E-state index in [9.17, 15) is 0 Å². The lowest BCUT2D eigenvalue weighted by molar-refractivity contribution is 0.174. The Morgan fingerprint density at radius 3 is 2.67 bits per heavy atom. The second-order valence-electron chi connectivity index (χ2n) is 1.88. The molecule has 0 N–H and O–H groups in total. The van der Waals surface area contributed by atoms with E-state index in [1.54, 1.807) is 12.1 Å². The van der Waals surface area contributed by atoms with Crippen LogP contribution < -0.4 is 9.47 Å². The maximum Gasteiger partial charge on any atom is 0.560 e. The van der Waals surface area contributed by atoms with Crippen molar-refractivity contribution in [1.29, 1.82) is 0 Å². The van der Waals surface area contributed by atoms with Crippen LogP contribution in [-0.4, -0.2) is 22.8 Å². The smallest absolute Gasteiger partial charge is 0.454 e. The van der Waals surface area contributed by atoms with Gasteiger partial charge in [0.05, 0.1) is 0 Å². The van der Waals surface area contributed by atoms with Crippen LogP contribution >= 0.6 is 25.8 Å². The molecule has 0 aromatic heterocycles. The third-order valence-electron chi connectivity index (χ3n) is 1.22. The zero-order valence-electron chi connectivity index (χ0n) is 6.22. The maximum absolute atomic E-state index is 5.06. The Morgan fingerprint density at radius 1 is 1.33 bits per heavy atom. The second kappa shape index (κ2) is 6.07. The molecule has 1 aliphatic heterocycles. The van der Waals surface area contributed by atoms with E-state index in [1.807, 2.05) is 6.07 Å². The zero-order valence-corrected chi connectivity index (χ0v) is 10.8. The summed E-state index contributed by atoms with van der Waals surface area (Å²) in [7, 11) is 0. The lowest BCUT2D eigenvalue weighted by atomic mass is 10.3. The first-order valence-electron chi connectivity index (χ1n) is 3.26. The molecule has 1 aliphatic rings. The van der Waals surface area contributed by atoms with E-state index in [0.717, 1.165) is 11.5 Å². The van der Waals surface area contributed by atoms with E-state index in [-0.39, 0.29) is 16.0 Å². The highest BCUT2D eigenvalue weighted by atomic mass is 79.9. The minimum atomic E-state index is 0.0417. The minimum absolute atomic E-state index is 0.0417. The van der Waals surface area contributed by atoms with Crippen molar-refractivity contribution in [2.24, 2.45) is 0 Å². The molecule has 0 bridgehead atoms. The number of hydrogen-bond acceptors (Lipinski definition) is 2. The molecule has 0 saturated carbocycles. The van der Waals surface area contributed by atoms with Crippen LogP contribution in [0.25, 0.3) is 0 Å². The first-order chi connectivity index (χ1) is 5.88. The normalized spacial score (nSPS) is 11.2. The van der Waals surface area contributed by atoms with Gasteiger partial charge < -0.3 is 9.47 Å². The fourth-order valence-corrected chi connectivity index (χ4v) is 0.789. The number of hydrogen-bond donors (Lipinski definition) is 0. The highest BCUT2D eigenvalue weighted by molar-refractivity contribution is 9.47. The molecular weight excluding hydrogens is 300 g/mol. The SMILES string of the molecule is [Br][Mg][Br].[c]1ccc2c(c1)OCO2. The summed E-state index contributed by atoms with van der Waals surface area (Å²) in [4.78, 5) is 0. The molecule has 0 amide bonds. The molecule has 1 aromatic carbocycles. The molecular formula is C7H5Br2MgO2. The van der Waals surface area contributed by atoms with E-state index in [1.165, 1.54) is 0 Å². The third kappa shape index (κ3) is 3.12. The average molecular weight is 305 g/mol. The average Bonchev–Trinajstić information content (AvgIpc) is 2.52. The van der Waals surface area contributed by atoms with E-state index in [0.29, 0.717) is 6.79 Å². The molecule has 1 aromatic rings. The summed E-state index contributed by atoms with van der Waals surface area (Å²) in [5.41, 5.74) is 0. The van der Waals surface area contributed by atoms with Crippen molar-refractivity contribution < 1.29 is 9.47 Å². The molecule has 2 rings (SSSR count). The van der Waals surface area contributed by atoms with Gasteiger partial charge in [0.1, 0.15) is 0 Å². The largest absolute Gasteiger partial charge is 0.560 e. The summed E-state index contributed by atoms with van der Waals surface area (Å²) in [5.74, 6) is 1.60. The molecule has 0 atom stereocenters. The molecule has 0 saturated heterocycles. The fourth-order valence-electron chi connectivity index (χ4n) is 0.789. The number of fused-ring (bicyclic) bond motifs is 1. The molecule has 61 valence electrons. The minimum Gasteiger partial charge on any atom is -0.454 e. The summed E-state index contributed by atoms with van der Waals surface area (Å²) in [6, 6.07) is 8.29. The van der Waals surface area contributed by atoms with Crippen LogP contribution in [0, 0.1) is 6.07 Å². The second-order valence-corrected chi connectivity index (χ2v) is 9.96. The van der Waals surface area contributed by atoms with Gasteiger partial charge >= 0.3 is 16.0 Å². The number of halogens is 2. The highest BCUT2D eigenvalue weighted by Gasteiger charge is 2.09. The molecule has 1 radical (unpaired) electrons. The van der Waals surface area contributed by atoms with Gasteiger partial charge in [0.15, 0.2) is 11.5 Å². The Balaban J connectivity index is 0.000000213. The lowest BCUT2D eigenvalue weighted by Crippen LogP contribution is -1.92. The quantitative estimate of drug-likeness (QED) is 0.686. The van der Waals surface area contributed by atoms with Crippen LogP contribution in [0.5, 0.6) is 11.5 Å². The van der Waals surface area contributed by atoms with Gasteiger partial charge in [0.2, 0.25) is 6.79 Å². The molecule has 0 spiro atoms. The first kappa shape index (κ1) is 10.6. The lowest BCUT2D eigenvalue weighted by Gasteiger charge is -1.89. The van der Waals surface area contributed by atoms with Crippen molar-refractivity contribution in [2.45, 2.75) is 0 Å². The van der Waals surface area contributed by atoms with Crippen LogP contribution in [0.3, 0.4) is 0 Å². The summed E-state index contributed by atoms with van der Waals surface area (Å²) in [6.45, 7) is 0.340. The predicted octanol–water partition coefficient (Wildman–Crippen LogP) is 2.53. The van der Waals surface area contributed by atoms with Gasteiger partial charge in [0.25, 0.3) is 0 Å². The van der Waals surface area contributed by atoms with E-state index in [4.69, 9.17) is 9.47 Å². The molecule has 0 aliphatic carbocycles. The molecule has 0 unspecified atom stereocenters. The van der Waals surface area contributed by atoms with Crippen LogP contribution in [0.2, 0.25) is 0 Å². The third-order valence-corrected chi connectivity index (χ3v) is 1.22. The van der Waals surface area contributed by atoms with Gasteiger partial charge in [-0.3, -0.25) is 25.8 Å². The van der Waals surface area contributed by atoms with Gasteiger partial charge in [-0.05, 0) is 18.2 Å². The molecule has 0 fully saturated rings. The summed E-state index contributed by atoms with van der Waals surface area (Å²) >= 11 is 6.44. The first-order valence-corrected chi connectivity index (χ1v) is 11.1. The topological polar surface area (TPSA) is 18.5 Å². The number of ether oxygens (including phenoxy) is 2. The Hall–Kier alpha value is 0.546. The van der Waals surface area contributed by atoms with Gasteiger partial charge in [-0.25, -0.2) is 0 Å². The Bertz CT molecular complexity index is 222. The Morgan fingerprint density at radius 2 is 2.00 bits per heavy atom. The van der Waals surface area contributed by atoms with Crippen molar-refractivity contribution >= 4 is 41.8 Å². The summed E-state index contributed by atoms with van der Waals surface area (Å²) in [6.07, 6.45) is 0. The van der Waals surface area contributed by atoms with Crippen molar-refractivity contribution in [2.75, 3.05) is 6.79 Å². The standard InChI is InChI=1S/C7H5O2.2BrH.Mg/c1-2-4-7-6(3-1)8-5-9-7;;;/h1,3-4H,5H2;2*1H;/q;;;+2/p-2. The Labute approximate surface area is 93.1 Å². The monoisotopic (exact) mass is 303 g/mol. The zero-order chi connectivity index (χ0) is 8.81. The van der Waals surface area contributed by atoms with Gasteiger partial charge in [0, 0.05) is 0 Å². The fraction of sp³-hybridized carbons (Fsp3) is 0.143. The molecule has 12 heavy (non-hydrogen) atoms. The van der Waals surface area contributed by atoms with Crippen molar-refractivity contribution in [3.8, 4) is 11.5 Å². The van der Waals surface area contributed by atoms with E-state index in [2.05, 4.69) is 31.8 Å². The van der Waals surface area contributed by atoms with Crippen molar-refractivity contribution in [1.82, 2.24) is 0 Å². The van der Waals surface area contributed by atoms with E-state index >= 15 is 0 Å².